The highest BCUT2D eigenvalue weighted by molar-refractivity contribution is 7.91. The number of amidine groups is 1. The van der Waals surface area contributed by atoms with Crippen LogP contribution in [0.15, 0.2) is 32.3 Å². The number of piperazine rings is 1. The molecule has 1 aromatic carbocycles. The average Bonchev–Trinajstić information content (AvgIpc) is 3.30. The Morgan fingerprint density at radius 1 is 1.30 bits per heavy atom. The van der Waals surface area contributed by atoms with Gasteiger partial charge in [-0.25, -0.2) is 13.6 Å². The standard InChI is InChI=1S/C18H32N10O3S2/c19-4-6-27-7-9-28(10-8-27)14-1-2-15(32(29)12-24-13-3-5-23-11-13)17(33(22,30)31)16(14)18(20)25-26-21/h1-2,13,23-24H,3-12,19H2,(H3,20,21,25)(H2,22,30,31)/t13-,32?/m1/s1. The Morgan fingerprint density at radius 2 is 2.03 bits per heavy atom. The lowest BCUT2D eigenvalue weighted by Crippen LogP contribution is -2.48. The summed E-state index contributed by atoms with van der Waals surface area (Å²) in [5, 5.41) is 27.0. The molecule has 2 saturated heterocycles. The van der Waals surface area contributed by atoms with Crippen molar-refractivity contribution in [3.8, 4) is 0 Å². The van der Waals surface area contributed by atoms with E-state index in [0.717, 1.165) is 39.1 Å². The first-order chi connectivity index (χ1) is 15.8. The summed E-state index contributed by atoms with van der Waals surface area (Å²) in [5.74, 6) is 4.74. The lowest BCUT2D eigenvalue weighted by atomic mass is 10.1. The molecule has 2 aliphatic rings. The van der Waals surface area contributed by atoms with E-state index in [1.165, 1.54) is 6.07 Å². The number of benzene rings is 1. The normalized spacial score (nSPS) is 21.0. The molecule has 15 heteroatoms. The van der Waals surface area contributed by atoms with Gasteiger partial charge >= 0.3 is 0 Å². The lowest BCUT2D eigenvalue weighted by molar-refractivity contribution is 0.265. The fourth-order valence-corrected chi connectivity index (χ4v) is 6.64. The van der Waals surface area contributed by atoms with Gasteiger partial charge in [0, 0.05) is 57.5 Å². The van der Waals surface area contributed by atoms with Crippen LogP contribution in [0, 0.1) is 5.41 Å². The summed E-state index contributed by atoms with van der Waals surface area (Å²) in [7, 11) is -6.09. The molecule has 9 N–H and O–H groups in total. The number of nitrogens with zero attached hydrogens (tertiary/aromatic N) is 4. The average molecular weight is 501 g/mol. The first kappa shape index (κ1) is 25.6. The molecule has 2 fully saturated rings. The summed E-state index contributed by atoms with van der Waals surface area (Å²) in [6.45, 7) is 5.55. The molecule has 33 heavy (non-hydrogen) atoms. The van der Waals surface area contributed by atoms with Crippen molar-refractivity contribution in [2.45, 2.75) is 22.3 Å². The van der Waals surface area contributed by atoms with E-state index in [2.05, 4.69) is 25.9 Å². The predicted octanol–water partition coefficient (Wildman–Crippen LogP) is -1.92. The number of hydrogen-bond acceptors (Lipinski definition) is 10. The molecule has 0 bridgehead atoms. The molecular formula is C18H32N10O3S2. The molecule has 2 atom stereocenters. The summed E-state index contributed by atoms with van der Waals surface area (Å²) in [6.07, 6.45) is 0.890. The van der Waals surface area contributed by atoms with Gasteiger partial charge < -0.3 is 27.1 Å². The zero-order valence-corrected chi connectivity index (χ0v) is 20.0. The Labute approximate surface area is 196 Å². The van der Waals surface area contributed by atoms with Gasteiger partial charge in [0.05, 0.1) is 27.1 Å². The second-order valence-corrected chi connectivity index (χ2v) is 10.8. The van der Waals surface area contributed by atoms with Crippen molar-refractivity contribution in [2.75, 3.05) is 63.1 Å². The van der Waals surface area contributed by atoms with Gasteiger partial charge in [0.15, 0.2) is 5.84 Å². The Kier molecular flexibility index (Phi) is 8.86. The molecule has 3 rings (SSSR count). The van der Waals surface area contributed by atoms with Crippen LogP contribution in [0.2, 0.25) is 0 Å². The molecule has 13 nitrogen and oxygen atoms in total. The summed E-state index contributed by atoms with van der Waals surface area (Å²) < 4.78 is 38.5. The van der Waals surface area contributed by atoms with Crippen molar-refractivity contribution < 1.29 is 12.6 Å². The largest absolute Gasteiger partial charge is 0.368 e. The number of anilines is 1. The van der Waals surface area contributed by atoms with E-state index < -0.39 is 26.7 Å². The number of nitrogens with one attached hydrogen (secondary N) is 3. The summed E-state index contributed by atoms with van der Waals surface area (Å²) in [5.41, 5.74) is 6.05. The van der Waals surface area contributed by atoms with Crippen LogP contribution in [0.5, 0.6) is 0 Å². The molecule has 0 amide bonds. The monoisotopic (exact) mass is 500 g/mol. The molecule has 184 valence electrons. The van der Waals surface area contributed by atoms with Crippen molar-refractivity contribution in [2.24, 2.45) is 27.1 Å². The number of sulfonamides is 1. The van der Waals surface area contributed by atoms with Gasteiger partial charge in [-0.2, -0.15) is 0 Å². The van der Waals surface area contributed by atoms with Crippen LogP contribution in [0.4, 0.5) is 5.69 Å². The van der Waals surface area contributed by atoms with E-state index >= 15 is 0 Å². The molecule has 1 unspecified atom stereocenters. The van der Waals surface area contributed by atoms with Crippen LogP contribution in [0.25, 0.3) is 0 Å². The highest BCUT2D eigenvalue weighted by Crippen LogP contribution is 2.33. The van der Waals surface area contributed by atoms with Crippen molar-refractivity contribution >= 4 is 32.3 Å². The second kappa shape index (κ2) is 11.4. The van der Waals surface area contributed by atoms with E-state index in [1.807, 2.05) is 4.90 Å². The van der Waals surface area contributed by atoms with Crippen molar-refractivity contribution in [1.82, 2.24) is 15.5 Å². The number of primary sulfonamides is 1. The smallest absolute Gasteiger partial charge is 0.240 e. The zero-order valence-electron chi connectivity index (χ0n) is 18.4. The highest BCUT2D eigenvalue weighted by Gasteiger charge is 2.31. The summed E-state index contributed by atoms with van der Waals surface area (Å²) >= 11 is 0. The van der Waals surface area contributed by atoms with E-state index in [1.54, 1.807) is 6.07 Å². The van der Waals surface area contributed by atoms with Crippen LogP contribution in [0.3, 0.4) is 0 Å². The second-order valence-electron chi connectivity index (χ2n) is 7.90. The fourth-order valence-electron chi connectivity index (χ4n) is 4.11. The van der Waals surface area contributed by atoms with Crippen molar-refractivity contribution in [3.05, 3.63) is 17.7 Å². The molecule has 0 radical (unpaired) electrons. The maximum atomic E-state index is 13.1. The molecule has 0 aromatic heterocycles. The maximum absolute atomic E-state index is 13.1. The first-order valence-electron chi connectivity index (χ1n) is 10.7. The van der Waals surface area contributed by atoms with Gasteiger partial charge in [-0.15, -0.1) is 5.11 Å². The minimum Gasteiger partial charge on any atom is -0.368 e. The van der Waals surface area contributed by atoms with Crippen LogP contribution >= 0.6 is 0 Å². The van der Waals surface area contributed by atoms with Crippen molar-refractivity contribution in [1.29, 1.82) is 5.41 Å². The van der Waals surface area contributed by atoms with Gasteiger partial charge in [0.1, 0.15) is 4.90 Å². The van der Waals surface area contributed by atoms with Crippen molar-refractivity contribution in [3.63, 3.8) is 0 Å². The van der Waals surface area contributed by atoms with E-state index in [-0.39, 0.29) is 27.3 Å². The number of hydrogen-bond donors (Lipinski definition) is 6. The van der Waals surface area contributed by atoms with E-state index in [0.29, 0.717) is 25.3 Å². The molecule has 1 aromatic rings. The molecular weight excluding hydrogens is 468 g/mol. The highest BCUT2D eigenvalue weighted by atomic mass is 32.2. The SMILES string of the molecule is N=C(N=NN)c1c(N2CCN(CCN)CC2)ccc(S(=O)CN[C@@H]2CCNC2)c1S(N)(=O)=O. The maximum Gasteiger partial charge on any atom is 0.240 e. The third kappa shape index (κ3) is 6.32. The predicted molar refractivity (Wildman–Crippen MR) is 127 cm³/mol. The minimum absolute atomic E-state index is 0.0217. The molecule has 0 spiro atoms. The molecule has 0 saturated carbocycles. The zero-order chi connectivity index (χ0) is 24.0. The quantitative estimate of drug-likeness (QED) is 0.0733. The number of rotatable bonds is 9. The van der Waals surface area contributed by atoms with Crippen LogP contribution in [0.1, 0.15) is 12.0 Å². The Hall–Kier alpha value is -2.01. The molecule has 0 aliphatic carbocycles. The minimum atomic E-state index is -4.36. The number of nitrogens with two attached hydrogens (primary N) is 3. The topological polar surface area (TPSA) is 208 Å². The van der Waals surface area contributed by atoms with Crippen LogP contribution in [-0.4, -0.2) is 87.6 Å². The van der Waals surface area contributed by atoms with Crippen LogP contribution < -0.4 is 32.2 Å². The molecule has 2 aliphatic heterocycles. The van der Waals surface area contributed by atoms with E-state index in [9.17, 15) is 12.6 Å². The third-order valence-corrected chi connectivity index (χ3v) is 8.13. The Balaban J connectivity index is 2.00. The Bertz CT molecular complexity index is 1000. The van der Waals surface area contributed by atoms with Gasteiger partial charge in [-0.1, -0.05) is 5.22 Å². The molecule has 2 heterocycles. The van der Waals surface area contributed by atoms with Crippen LogP contribution in [-0.2, 0) is 20.8 Å². The van der Waals surface area contributed by atoms with E-state index in [4.69, 9.17) is 22.1 Å². The van der Waals surface area contributed by atoms with Gasteiger partial charge in [0.2, 0.25) is 10.0 Å². The van der Waals surface area contributed by atoms with Gasteiger partial charge in [0.25, 0.3) is 0 Å². The van der Waals surface area contributed by atoms with Gasteiger partial charge in [-0.05, 0) is 25.1 Å². The fraction of sp³-hybridized carbons (Fsp3) is 0.611. The Morgan fingerprint density at radius 3 is 2.61 bits per heavy atom. The lowest BCUT2D eigenvalue weighted by Gasteiger charge is -2.37. The summed E-state index contributed by atoms with van der Waals surface area (Å²) in [4.78, 5) is 3.79. The third-order valence-electron chi connectivity index (χ3n) is 5.75. The first-order valence-corrected chi connectivity index (χ1v) is 13.5. The summed E-state index contributed by atoms with van der Waals surface area (Å²) in [6, 6.07) is 3.32. The van der Waals surface area contributed by atoms with Gasteiger partial charge in [-0.3, -0.25) is 14.5 Å².